The van der Waals surface area contributed by atoms with Gasteiger partial charge in [-0.25, -0.2) is 4.79 Å². The lowest BCUT2D eigenvalue weighted by Gasteiger charge is -2.21. The molecule has 5 nitrogen and oxygen atoms in total. The molecule has 1 aliphatic carbocycles. The molecule has 1 aromatic rings. The Morgan fingerprint density at radius 1 is 1.18 bits per heavy atom. The van der Waals surface area contributed by atoms with E-state index in [4.69, 9.17) is 10.00 Å². The van der Waals surface area contributed by atoms with Crippen molar-refractivity contribution in [1.29, 1.82) is 5.26 Å². The molecule has 1 amide bonds. The molecule has 2 rings (SSSR count). The van der Waals surface area contributed by atoms with Crippen molar-refractivity contribution >= 4 is 17.6 Å². The normalized spacial score (nSPS) is 14.9. The number of nitrogens with zero attached hydrogens (tertiary/aromatic N) is 1. The molecular formula is C17H20N2O3. The predicted molar refractivity (Wildman–Crippen MR) is 82.2 cm³/mol. The zero-order chi connectivity index (χ0) is 15.8. The molecule has 1 fully saturated rings. The minimum absolute atomic E-state index is 0.189. The molecule has 0 radical (unpaired) electrons. The molecule has 1 saturated carbocycles. The Hall–Kier alpha value is -2.35. The first-order valence-corrected chi connectivity index (χ1v) is 7.63. The number of amides is 1. The lowest BCUT2D eigenvalue weighted by atomic mass is 9.90. The van der Waals surface area contributed by atoms with Gasteiger partial charge in [-0.3, -0.25) is 4.79 Å². The largest absolute Gasteiger partial charge is 0.462 e. The Kier molecular flexibility index (Phi) is 5.96. The molecule has 0 bridgehead atoms. The average molecular weight is 300 g/mol. The van der Waals surface area contributed by atoms with Crippen LogP contribution in [0, 0.1) is 17.2 Å². The second kappa shape index (κ2) is 8.18. The van der Waals surface area contributed by atoms with E-state index in [1.807, 2.05) is 0 Å². The number of nitrogens with one attached hydrogen (secondary N) is 1. The molecule has 0 aliphatic heterocycles. The van der Waals surface area contributed by atoms with Crippen LogP contribution in [0.4, 0.5) is 5.69 Å². The summed E-state index contributed by atoms with van der Waals surface area (Å²) >= 11 is 0. The molecule has 116 valence electrons. The van der Waals surface area contributed by atoms with E-state index in [2.05, 4.69) is 5.32 Å². The predicted octanol–water partition coefficient (Wildman–Crippen LogP) is 3.28. The van der Waals surface area contributed by atoms with E-state index < -0.39 is 0 Å². The molecule has 22 heavy (non-hydrogen) atoms. The summed E-state index contributed by atoms with van der Waals surface area (Å²) in [7, 11) is 0. The number of esters is 1. The highest BCUT2D eigenvalue weighted by molar-refractivity contribution is 5.93. The van der Waals surface area contributed by atoms with Crippen LogP contribution in [-0.2, 0) is 9.53 Å². The van der Waals surface area contributed by atoms with Crippen molar-refractivity contribution < 1.29 is 14.3 Å². The van der Waals surface area contributed by atoms with Crippen molar-refractivity contribution in [3.63, 3.8) is 0 Å². The van der Waals surface area contributed by atoms with Crippen LogP contribution >= 0.6 is 0 Å². The SMILES string of the molecule is N#CCC(=O)Nc1ccc(C(=O)OCC2CCCCC2)cc1. The molecule has 0 aromatic heterocycles. The van der Waals surface area contributed by atoms with Gasteiger partial charge in [-0.2, -0.15) is 5.26 Å². The number of hydrogen-bond donors (Lipinski definition) is 1. The summed E-state index contributed by atoms with van der Waals surface area (Å²) in [6, 6.07) is 8.27. The Morgan fingerprint density at radius 2 is 1.86 bits per heavy atom. The number of anilines is 1. The van der Waals surface area contributed by atoms with Gasteiger partial charge < -0.3 is 10.1 Å². The molecule has 1 aliphatic rings. The van der Waals surface area contributed by atoms with Crippen LogP contribution in [0.1, 0.15) is 48.9 Å². The molecule has 0 unspecified atom stereocenters. The van der Waals surface area contributed by atoms with Gasteiger partial charge in [-0.05, 0) is 43.0 Å². The van der Waals surface area contributed by atoms with Gasteiger partial charge in [-0.1, -0.05) is 19.3 Å². The summed E-state index contributed by atoms with van der Waals surface area (Å²) in [5.41, 5.74) is 1.03. The van der Waals surface area contributed by atoms with Gasteiger partial charge in [0.2, 0.25) is 5.91 Å². The Balaban J connectivity index is 1.82. The third-order valence-corrected chi connectivity index (χ3v) is 3.82. The number of benzene rings is 1. The number of hydrogen-bond acceptors (Lipinski definition) is 4. The Labute approximate surface area is 130 Å². The number of rotatable bonds is 5. The number of carbonyl (C=O) groups excluding carboxylic acids is 2. The fraction of sp³-hybridized carbons (Fsp3) is 0.471. The third-order valence-electron chi connectivity index (χ3n) is 3.82. The van der Waals surface area contributed by atoms with Gasteiger partial charge in [0, 0.05) is 5.69 Å². The van der Waals surface area contributed by atoms with Crippen LogP contribution < -0.4 is 5.32 Å². The standard InChI is InChI=1S/C17H20N2O3/c18-11-10-16(20)19-15-8-6-14(7-9-15)17(21)22-12-13-4-2-1-3-5-13/h6-9,13H,1-5,10,12H2,(H,19,20). The Morgan fingerprint density at radius 3 is 2.50 bits per heavy atom. The molecule has 1 N–H and O–H groups in total. The lowest BCUT2D eigenvalue weighted by Crippen LogP contribution is -2.17. The fourth-order valence-corrected chi connectivity index (χ4v) is 2.60. The minimum atomic E-state index is -0.366. The van der Waals surface area contributed by atoms with Crippen LogP contribution in [0.15, 0.2) is 24.3 Å². The van der Waals surface area contributed by atoms with Crippen LogP contribution in [-0.4, -0.2) is 18.5 Å². The zero-order valence-electron chi connectivity index (χ0n) is 12.5. The fourth-order valence-electron chi connectivity index (χ4n) is 2.60. The minimum Gasteiger partial charge on any atom is -0.462 e. The molecule has 1 aromatic carbocycles. The van der Waals surface area contributed by atoms with Crippen molar-refractivity contribution in [2.75, 3.05) is 11.9 Å². The first-order valence-electron chi connectivity index (χ1n) is 7.63. The van der Waals surface area contributed by atoms with Crippen LogP contribution in [0.2, 0.25) is 0 Å². The summed E-state index contributed by atoms with van der Waals surface area (Å²) in [4.78, 5) is 23.3. The molecule has 5 heteroatoms. The van der Waals surface area contributed by atoms with Gasteiger partial charge in [0.15, 0.2) is 0 Å². The van der Waals surface area contributed by atoms with Crippen LogP contribution in [0.5, 0.6) is 0 Å². The summed E-state index contributed by atoms with van der Waals surface area (Å²) in [5.74, 6) is -0.210. The lowest BCUT2D eigenvalue weighted by molar-refractivity contribution is -0.115. The van der Waals surface area contributed by atoms with Gasteiger partial charge in [0.05, 0.1) is 18.2 Å². The molecular weight excluding hydrogens is 280 g/mol. The maximum absolute atomic E-state index is 12.0. The maximum atomic E-state index is 12.0. The third kappa shape index (κ3) is 4.88. The first kappa shape index (κ1) is 16.0. The van der Waals surface area contributed by atoms with E-state index in [1.54, 1.807) is 30.3 Å². The molecule has 0 heterocycles. The van der Waals surface area contributed by atoms with E-state index in [-0.39, 0.29) is 18.3 Å². The summed E-state index contributed by atoms with van der Waals surface area (Å²) in [5, 5.41) is 11.0. The molecule has 0 spiro atoms. The molecule has 0 saturated heterocycles. The highest BCUT2D eigenvalue weighted by atomic mass is 16.5. The van der Waals surface area contributed by atoms with Crippen LogP contribution in [0.25, 0.3) is 0 Å². The topological polar surface area (TPSA) is 79.2 Å². The summed E-state index contributed by atoms with van der Waals surface area (Å²) in [6.07, 6.45) is 5.81. The zero-order valence-corrected chi connectivity index (χ0v) is 12.5. The highest BCUT2D eigenvalue weighted by Crippen LogP contribution is 2.24. The number of carbonyl (C=O) groups is 2. The second-order valence-electron chi connectivity index (χ2n) is 5.56. The smallest absolute Gasteiger partial charge is 0.338 e. The maximum Gasteiger partial charge on any atom is 0.338 e. The number of nitriles is 1. The molecule has 0 atom stereocenters. The Bertz CT molecular complexity index is 554. The average Bonchev–Trinajstić information content (AvgIpc) is 2.54. The van der Waals surface area contributed by atoms with Gasteiger partial charge in [-0.15, -0.1) is 0 Å². The van der Waals surface area contributed by atoms with E-state index in [0.29, 0.717) is 23.8 Å². The van der Waals surface area contributed by atoms with Crippen molar-refractivity contribution in [3.05, 3.63) is 29.8 Å². The van der Waals surface area contributed by atoms with Gasteiger partial charge >= 0.3 is 5.97 Å². The van der Waals surface area contributed by atoms with E-state index in [1.165, 1.54) is 19.3 Å². The summed E-state index contributed by atoms with van der Waals surface area (Å²) in [6.45, 7) is 0.486. The quantitative estimate of drug-likeness (QED) is 0.846. The van der Waals surface area contributed by atoms with E-state index >= 15 is 0 Å². The van der Waals surface area contributed by atoms with E-state index in [0.717, 1.165) is 12.8 Å². The monoisotopic (exact) mass is 300 g/mol. The van der Waals surface area contributed by atoms with Crippen molar-refractivity contribution in [3.8, 4) is 6.07 Å². The van der Waals surface area contributed by atoms with Gasteiger partial charge in [0.25, 0.3) is 0 Å². The number of ether oxygens (including phenoxy) is 1. The van der Waals surface area contributed by atoms with Crippen molar-refractivity contribution in [2.24, 2.45) is 5.92 Å². The van der Waals surface area contributed by atoms with Gasteiger partial charge in [0.1, 0.15) is 6.42 Å². The van der Waals surface area contributed by atoms with Crippen molar-refractivity contribution in [2.45, 2.75) is 38.5 Å². The second-order valence-corrected chi connectivity index (χ2v) is 5.56. The van der Waals surface area contributed by atoms with Crippen molar-refractivity contribution in [1.82, 2.24) is 0 Å². The first-order chi connectivity index (χ1) is 10.7. The highest BCUT2D eigenvalue weighted by Gasteiger charge is 2.16. The summed E-state index contributed by atoms with van der Waals surface area (Å²) < 4.78 is 5.36. The van der Waals surface area contributed by atoms with E-state index in [9.17, 15) is 9.59 Å². The van der Waals surface area contributed by atoms with Crippen LogP contribution in [0.3, 0.4) is 0 Å².